The van der Waals surface area contributed by atoms with E-state index in [1.54, 1.807) is 0 Å². The molecule has 52 heavy (non-hydrogen) atoms. The monoisotopic (exact) mass is 664 g/mol. The van der Waals surface area contributed by atoms with Crippen LogP contribution in [0, 0.1) is 6.92 Å². The fourth-order valence-electron chi connectivity index (χ4n) is 8.86. The van der Waals surface area contributed by atoms with Crippen LogP contribution in [0.2, 0.25) is 0 Å². The molecule has 2 aromatic heterocycles. The summed E-state index contributed by atoms with van der Waals surface area (Å²) in [6, 6.07) is 73.2. The predicted molar refractivity (Wildman–Crippen MR) is 218 cm³/mol. The van der Waals surface area contributed by atoms with Gasteiger partial charge in [-0.15, -0.1) is 0 Å². The van der Waals surface area contributed by atoms with Crippen LogP contribution >= 0.6 is 0 Å². The molecule has 0 saturated carbocycles. The van der Waals surface area contributed by atoms with Gasteiger partial charge >= 0.3 is 0 Å². The van der Waals surface area contributed by atoms with Gasteiger partial charge in [0, 0.05) is 32.9 Å². The number of benzene rings is 8. The number of hydrogen-bond acceptors (Lipinski definition) is 0. The van der Waals surface area contributed by atoms with Crippen LogP contribution in [0.4, 0.5) is 0 Å². The molecule has 0 saturated heterocycles. The van der Waals surface area contributed by atoms with E-state index in [1.807, 2.05) is 0 Å². The third kappa shape index (κ3) is 4.37. The van der Waals surface area contributed by atoms with E-state index in [0.717, 1.165) is 5.69 Å². The van der Waals surface area contributed by atoms with Crippen molar-refractivity contribution in [2.24, 2.45) is 0 Å². The van der Waals surface area contributed by atoms with Crippen LogP contribution in [-0.4, -0.2) is 9.13 Å². The Bertz CT molecular complexity index is 2750. The first kappa shape index (κ1) is 30.2. The van der Waals surface area contributed by atoms with E-state index in [-0.39, 0.29) is 0 Å². The van der Waals surface area contributed by atoms with E-state index >= 15 is 0 Å². The first-order chi connectivity index (χ1) is 25.7. The van der Waals surface area contributed by atoms with Gasteiger partial charge in [-0.3, -0.25) is 0 Å². The summed E-state index contributed by atoms with van der Waals surface area (Å²) in [6.07, 6.45) is 0. The summed E-state index contributed by atoms with van der Waals surface area (Å²) in [6.45, 7) is 2.31. The van der Waals surface area contributed by atoms with Crippen LogP contribution < -0.4 is 0 Å². The second-order valence-electron chi connectivity index (χ2n) is 13.7. The molecule has 2 nitrogen and oxygen atoms in total. The van der Waals surface area contributed by atoms with Gasteiger partial charge in [-0.2, -0.15) is 0 Å². The van der Waals surface area contributed by atoms with Crippen molar-refractivity contribution in [3.63, 3.8) is 0 Å². The molecule has 0 aliphatic heterocycles. The Morgan fingerprint density at radius 1 is 0.346 bits per heavy atom. The highest BCUT2D eigenvalue weighted by Crippen LogP contribution is 2.48. The number of para-hydroxylation sites is 3. The Kier molecular flexibility index (Phi) is 6.97. The largest absolute Gasteiger partial charge is 0.309 e. The average molecular weight is 665 g/mol. The van der Waals surface area contributed by atoms with Crippen LogP contribution in [0.5, 0.6) is 0 Å². The third-order valence-electron chi connectivity index (χ3n) is 11.1. The highest BCUT2D eigenvalue weighted by atomic mass is 15.0. The van der Waals surface area contributed by atoms with Crippen molar-refractivity contribution in [3.05, 3.63) is 228 Å². The quantitative estimate of drug-likeness (QED) is 0.157. The van der Waals surface area contributed by atoms with Crippen LogP contribution in [-0.2, 0) is 5.41 Å². The Balaban J connectivity index is 1.26. The van der Waals surface area contributed by atoms with Gasteiger partial charge in [0.15, 0.2) is 0 Å². The number of hydrogen-bond donors (Lipinski definition) is 0. The van der Waals surface area contributed by atoms with Crippen LogP contribution in [0.15, 0.2) is 200 Å². The fourth-order valence-corrected chi connectivity index (χ4v) is 8.86. The van der Waals surface area contributed by atoms with Crippen molar-refractivity contribution in [1.82, 2.24) is 9.13 Å². The smallest absolute Gasteiger partial charge is 0.0704 e. The molecule has 10 rings (SSSR count). The standard InChI is InChI=1S/C50H36N2/c1-35-44(50(36-18-5-2-6-19-36,37-20-7-3-8-21-37)38-22-9-4-10-23-38)27-17-31-45(35)52-48-30-16-13-26-42(48)43-34-39(32-33-49(43)52)51-46-28-14-11-24-40(46)41-25-12-15-29-47(41)51/h2-34H,1H3. The summed E-state index contributed by atoms with van der Waals surface area (Å²) in [5.74, 6) is 0. The van der Waals surface area contributed by atoms with Crippen LogP contribution in [0.25, 0.3) is 55.0 Å². The van der Waals surface area contributed by atoms with E-state index in [1.165, 1.54) is 77.1 Å². The molecule has 0 fully saturated rings. The molecule has 8 aromatic carbocycles. The van der Waals surface area contributed by atoms with Crippen molar-refractivity contribution >= 4 is 43.6 Å². The van der Waals surface area contributed by atoms with Crippen molar-refractivity contribution in [3.8, 4) is 11.4 Å². The van der Waals surface area contributed by atoms with Crippen molar-refractivity contribution in [2.75, 3.05) is 0 Å². The van der Waals surface area contributed by atoms with E-state index in [4.69, 9.17) is 0 Å². The minimum Gasteiger partial charge on any atom is -0.309 e. The summed E-state index contributed by atoms with van der Waals surface area (Å²) in [5, 5.41) is 5.02. The summed E-state index contributed by atoms with van der Waals surface area (Å²) in [4.78, 5) is 0. The summed E-state index contributed by atoms with van der Waals surface area (Å²) in [5.41, 5.74) is 12.9. The van der Waals surface area contributed by atoms with Crippen molar-refractivity contribution in [1.29, 1.82) is 0 Å². The minimum atomic E-state index is -0.535. The SMILES string of the molecule is Cc1c(-n2c3ccccc3c3cc(-n4c5ccccc5c5ccccc54)ccc32)cccc1C(c1ccccc1)(c1ccccc1)c1ccccc1. The average Bonchev–Trinajstić information content (AvgIpc) is 3.73. The number of rotatable bonds is 6. The Morgan fingerprint density at radius 3 is 1.29 bits per heavy atom. The second kappa shape index (κ2) is 12.0. The van der Waals surface area contributed by atoms with Gasteiger partial charge in [-0.1, -0.05) is 158 Å². The summed E-state index contributed by atoms with van der Waals surface area (Å²) < 4.78 is 4.89. The van der Waals surface area contributed by atoms with Gasteiger partial charge in [0.1, 0.15) is 0 Å². The summed E-state index contributed by atoms with van der Waals surface area (Å²) in [7, 11) is 0. The van der Waals surface area contributed by atoms with Gasteiger partial charge in [-0.05, 0) is 77.2 Å². The lowest BCUT2D eigenvalue weighted by Gasteiger charge is -2.38. The molecule has 0 aliphatic rings. The maximum atomic E-state index is 2.48. The zero-order chi connectivity index (χ0) is 34.6. The number of aromatic nitrogens is 2. The summed E-state index contributed by atoms with van der Waals surface area (Å²) >= 11 is 0. The Morgan fingerprint density at radius 2 is 0.769 bits per heavy atom. The van der Waals surface area contributed by atoms with Gasteiger partial charge in [-0.25, -0.2) is 0 Å². The Labute approximate surface area is 303 Å². The van der Waals surface area contributed by atoms with Crippen LogP contribution in [0.3, 0.4) is 0 Å². The fraction of sp³-hybridized carbons (Fsp3) is 0.0400. The molecule has 0 bridgehead atoms. The lowest BCUT2D eigenvalue weighted by atomic mass is 9.64. The van der Waals surface area contributed by atoms with Gasteiger partial charge in [0.25, 0.3) is 0 Å². The predicted octanol–water partition coefficient (Wildman–Crippen LogP) is 12.6. The number of nitrogens with zero attached hydrogens (tertiary/aromatic N) is 2. The third-order valence-corrected chi connectivity index (χ3v) is 11.1. The number of fused-ring (bicyclic) bond motifs is 6. The molecular weight excluding hydrogens is 629 g/mol. The zero-order valence-corrected chi connectivity index (χ0v) is 28.9. The molecule has 0 unspecified atom stereocenters. The van der Waals surface area contributed by atoms with E-state index in [2.05, 4.69) is 216 Å². The maximum absolute atomic E-state index is 2.48. The lowest BCUT2D eigenvalue weighted by Crippen LogP contribution is -2.32. The van der Waals surface area contributed by atoms with E-state index in [9.17, 15) is 0 Å². The molecule has 246 valence electrons. The van der Waals surface area contributed by atoms with Gasteiger partial charge in [0.2, 0.25) is 0 Å². The van der Waals surface area contributed by atoms with Crippen LogP contribution in [0.1, 0.15) is 27.8 Å². The second-order valence-corrected chi connectivity index (χ2v) is 13.7. The topological polar surface area (TPSA) is 9.86 Å². The highest BCUT2D eigenvalue weighted by Gasteiger charge is 2.39. The van der Waals surface area contributed by atoms with Crippen molar-refractivity contribution < 1.29 is 0 Å². The maximum Gasteiger partial charge on any atom is 0.0704 e. The molecule has 2 heteroatoms. The lowest BCUT2D eigenvalue weighted by molar-refractivity contribution is 0.737. The molecule has 0 aliphatic carbocycles. The Hall–Kier alpha value is -6.64. The highest BCUT2D eigenvalue weighted by molar-refractivity contribution is 6.12. The molecule has 0 radical (unpaired) electrons. The zero-order valence-electron chi connectivity index (χ0n) is 28.9. The molecule has 0 amide bonds. The van der Waals surface area contributed by atoms with E-state index in [0.29, 0.717) is 0 Å². The van der Waals surface area contributed by atoms with Crippen molar-refractivity contribution in [2.45, 2.75) is 12.3 Å². The molecule has 0 N–H and O–H groups in total. The van der Waals surface area contributed by atoms with Gasteiger partial charge in [0.05, 0.1) is 27.5 Å². The minimum absolute atomic E-state index is 0.535. The van der Waals surface area contributed by atoms with E-state index < -0.39 is 5.41 Å². The first-order valence-electron chi connectivity index (χ1n) is 18.0. The molecule has 10 aromatic rings. The molecular formula is C50H36N2. The van der Waals surface area contributed by atoms with Gasteiger partial charge < -0.3 is 9.13 Å². The first-order valence-corrected chi connectivity index (χ1v) is 18.0. The molecule has 2 heterocycles. The molecule has 0 spiro atoms. The normalized spacial score (nSPS) is 11.9. The molecule has 0 atom stereocenters.